The fraction of sp³-hybridized carbons (Fsp3) is 0.821. The molecule has 0 bridgehead atoms. The van der Waals surface area contributed by atoms with Crippen LogP contribution in [0.4, 0.5) is 0 Å². The molecule has 0 saturated carbocycles. The molecule has 1 fully saturated rings. The molecule has 1 heterocycles. The number of esters is 1. The van der Waals surface area contributed by atoms with Crippen LogP contribution in [-0.2, 0) is 23.8 Å². The van der Waals surface area contributed by atoms with Crippen LogP contribution in [0.25, 0.3) is 0 Å². The average Bonchev–Trinajstić information content (AvgIpc) is 3.45. The van der Waals surface area contributed by atoms with Crippen LogP contribution in [0.5, 0.6) is 0 Å². The number of ether oxygens (including phenoxy) is 3. The number of aliphatic hydroxyl groups is 5. The third kappa shape index (κ3) is 45.0. The lowest BCUT2D eigenvalue weighted by Gasteiger charge is -2.40. The summed E-state index contributed by atoms with van der Waals surface area (Å²) in [5.74, 6) is -0.202. The molecule has 454 valence electrons. The zero-order valence-electron chi connectivity index (χ0n) is 50.1. The van der Waals surface area contributed by atoms with Gasteiger partial charge >= 0.3 is 5.97 Å². The molecule has 11 nitrogen and oxygen atoms in total. The number of unbranched alkanes of at least 4 members (excludes halogenated alkanes) is 35. The van der Waals surface area contributed by atoms with E-state index in [9.17, 15) is 35.1 Å². The van der Waals surface area contributed by atoms with Crippen molar-refractivity contribution >= 4 is 11.9 Å². The Bertz CT molecular complexity index is 1480. The smallest absolute Gasteiger partial charge is 0.305 e. The zero-order chi connectivity index (χ0) is 56.6. The number of allylic oxidation sites excluding steroid dienone is 9. The summed E-state index contributed by atoms with van der Waals surface area (Å²) in [4.78, 5) is 25.0. The van der Waals surface area contributed by atoms with E-state index in [-0.39, 0.29) is 18.5 Å². The van der Waals surface area contributed by atoms with Gasteiger partial charge in [0.2, 0.25) is 5.91 Å². The van der Waals surface area contributed by atoms with E-state index in [0.717, 1.165) is 64.2 Å². The van der Waals surface area contributed by atoms with Crippen molar-refractivity contribution in [1.29, 1.82) is 0 Å². The van der Waals surface area contributed by atoms with E-state index in [1.54, 1.807) is 6.08 Å². The van der Waals surface area contributed by atoms with Crippen molar-refractivity contribution in [3.05, 3.63) is 60.8 Å². The van der Waals surface area contributed by atoms with E-state index in [4.69, 9.17) is 14.2 Å². The summed E-state index contributed by atoms with van der Waals surface area (Å²) in [5.41, 5.74) is 0. The summed E-state index contributed by atoms with van der Waals surface area (Å²) < 4.78 is 16.6. The molecule has 6 N–H and O–H groups in total. The minimum atomic E-state index is -1.58. The van der Waals surface area contributed by atoms with Crippen molar-refractivity contribution < 1.29 is 49.3 Å². The summed E-state index contributed by atoms with van der Waals surface area (Å²) in [6, 6.07) is -0.833. The highest BCUT2D eigenvalue weighted by atomic mass is 16.7. The van der Waals surface area contributed by atoms with E-state index in [1.807, 2.05) is 19.1 Å². The second-order valence-corrected chi connectivity index (χ2v) is 22.5. The molecule has 0 radical (unpaired) electrons. The van der Waals surface area contributed by atoms with E-state index >= 15 is 0 Å². The van der Waals surface area contributed by atoms with Crippen molar-refractivity contribution in [3.8, 4) is 0 Å². The molecule has 1 aliphatic heterocycles. The molecule has 0 aromatic rings. The topological polar surface area (TPSA) is 175 Å². The van der Waals surface area contributed by atoms with Gasteiger partial charge in [-0.25, -0.2) is 0 Å². The molecule has 0 aliphatic carbocycles. The van der Waals surface area contributed by atoms with E-state index < -0.39 is 49.5 Å². The highest BCUT2D eigenvalue weighted by Crippen LogP contribution is 2.23. The minimum Gasteiger partial charge on any atom is -0.466 e. The van der Waals surface area contributed by atoms with E-state index in [2.05, 4.69) is 54.8 Å². The van der Waals surface area contributed by atoms with Gasteiger partial charge in [-0.05, 0) is 96.8 Å². The molecule has 1 rings (SSSR count). The van der Waals surface area contributed by atoms with Gasteiger partial charge in [0, 0.05) is 12.8 Å². The first kappa shape index (κ1) is 73.4. The summed E-state index contributed by atoms with van der Waals surface area (Å²) in [7, 11) is 0. The normalized spacial score (nSPS) is 18.9. The maximum Gasteiger partial charge on any atom is 0.305 e. The van der Waals surface area contributed by atoms with Gasteiger partial charge in [-0.3, -0.25) is 9.59 Å². The molecular formula is C67H121NO10. The van der Waals surface area contributed by atoms with Gasteiger partial charge in [0.15, 0.2) is 6.29 Å². The number of aliphatic hydroxyl groups excluding tert-OH is 5. The number of nitrogens with one attached hydrogen (secondary N) is 1. The standard InChI is InChI=1S/C67H121NO10/c1-3-5-7-9-11-13-34-39-43-47-51-55-63(72)76-56-52-48-44-40-36-33-31-29-27-25-23-21-19-17-15-14-16-18-20-22-24-26-28-30-32-35-38-42-46-50-54-62(71)68-59(60(70)53-49-45-41-37-12-10-8-6-4-2)58-77-67-66(75)65(74)64(73)61(57-69)78-67/h4,6,9,11-12,15,17,37,49,53,59-61,64-67,69-70,73-75H,3,5,7-8,10,13-14,16,18-36,38-48,50-52,54-58H2,1-2H3,(H,68,71)/b6-4+,11-9-,17-15-,37-12+,53-49+. The van der Waals surface area contributed by atoms with Crippen molar-refractivity contribution in [2.24, 2.45) is 0 Å². The fourth-order valence-corrected chi connectivity index (χ4v) is 9.98. The zero-order valence-corrected chi connectivity index (χ0v) is 50.1. The van der Waals surface area contributed by atoms with Crippen LogP contribution < -0.4 is 5.32 Å². The predicted molar refractivity (Wildman–Crippen MR) is 324 cm³/mol. The number of amides is 1. The Kier molecular flexibility index (Phi) is 52.9. The maximum absolute atomic E-state index is 13.0. The highest BCUT2D eigenvalue weighted by molar-refractivity contribution is 5.76. The third-order valence-electron chi connectivity index (χ3n) is 15.1. The quantitative estimate of drug-likeness (QED) is 0.0195. The van der Waals surface area contributed by atoms with Crippen LogP contribution in [0.15, 0.2) is 60.8 Å². The van der Waals surface area contributed by atoms with Crippen molar-refractivity contribution in [1.82, 2.24) is 5.32 Å². The predicted octanol–water partition coefficient (Wildman–Crippen LogP) is 15.8. The molecule has 1 amide bonds. The molecule has 0 spiro atoms. The molecule has 1 saturated heterocycles. The number of rotatable bonds is 56. The molecule has 7 unspecified atom stereocenters. The number of carbonyl (C=O) groups excluding carboxylic acids is 2. The summed E-state index contributed by atoms with van der Waals surface area (Å²) in [6.07, 6.45) is 63.8. The van der Waals surface area contributed by atoms with Gasteiger partial charge in [0.1, 0.15) is 24.4 Å². The van der Waals surface area contributed by atoms with Gasteiger partial charge in [-0.2, -0.15) is 0 Å². The molecular weight excluding hydrogens is 979 g/mol. The van der Waals surface area contributed by atoms with E-state index in [0.29, 0.717) is 19.4 Å². The Morgan fingerprint density at radius 3 is 1.35 bits per heavy atom. The van der Waals surface area contributed by atoms with Crippen LogP contribution in [-0.4, -0.2) is 100 Å². The SMILES string of the molecule is C/C=C/CC/C=C/CC/C=C/C(O)C(COC1OC(CO)C(O)C(O)C1O)NC(=O)CCCCCCCCCCCCCCCC/C=C\CCCCCCCCCCCCCCOC(=O)CCCCCCC/C=C\CCCC. The number of hydrogen-bond donors (Lipinski definition) is 6. The summed E-state index contributed by atoms with van der Waals surface area (Å²) >= 11 is 0. The highest BCUT2D eigenvalue weighted by Gasteiger charge is 2.44. The molecule has 7 atom stereocenters. The summed E-state index contributed by atoms with van der Waals surface area (Å²) in [6.45, 7) is 4.06. The van der Waals surface area contributed by atoms with Crippen molar-refractivity contribution in [3.63, 3.8) is 0 Å². The molecule has 0 aromatic carbocycles. The number of carbonyl (C=O) groups is 2. The first-order chi connectivity index (χ1) is 38.2. The van der Waals surface area contributed by atoms with Gasteiger partial charge in [-0.15, -0.1) is 0 Å². The Morgan fingerprint density at radius 1 is 0.487 bits per heavy atom. The monoisotopic (exact) mass is 1100 g/mol. The minimum absolute atomic E-state index is 0.00340. The van der Waals surface area contributed by atoms with Crippen LogP contribution in [0.3, 0.4) is 0 Å². The second kappa shape index (κ2) is 56.2. The van der Waals surface area contributed by atoms with Gasteiger partial charge < -0.3 is 45.1 Å². The van der Waals surface area contributed by atoms with Crippen molar-refractivity contribution in [2.75, 3.05) is 19.8 Å². The average molecular weight is 1100 g/mol. The maximum atomic E-state index is 13.0. The Balaban J connectivity index is 1.95. The van der Waals surface area contributed by atoms with Gasteiger partial charge in [-0.1, -0.05) is 241 Å². The van der Waals surface area contributed by atoms with Gasteiger partial charge in [0.05, 0.1) is 32.0 Å². The third-order valence-corrected chi connectivity index (χ3v) is 15.1. The van der Waals surface area contributed by atoms with Crippen LogP contribution in [0.1, 0.15) is 290 Å². The van der Waals surface area contributed by atoms with Crippen LogP contribution in [0.2, 0.25) is 0 Å². The fourth-order valence-electron chi connectivity index (χ4n) is 9.98. The molecule has 11 heteroatoms. The second-order valence-electron chi connectivity index (χ2n) is 22.5. The largest absolute Gasteiger partial charge is 0.466 e. The van der Waals surface area contributed by atoms with Gasteiger partial charge in [0.25, 0.3) is 0 Å². The van der Waals surface area contributed by atoms with Crippen LogP contribution >= 0.6 is 0 Å². The first-order valence-electron chi connectivity index (χ1n) is 32.5. The molecule has 1 aliphatic rings. The lowest BCUT2D eigenvalue weighted by atomic mass is 9.99. The Labute approximate surface area is 478 Å². The lowest BCUT2D eigenvalue weighted by molar-refractivity contribution is -0.302. The molecule has 78 heavy (non-hydrogen) atoms. The Hall–Kier alpha value is -2.64. The first-order valence-corrected chi connectivity index (χ1v) is 32.5. The van der Waals surface area contributed by atoms with Crippen molar-refractivity contribution in [2.45, 2.75) is 333 Å². The molecule has 0 aromatic heterocycles. The Morgan fingerprint density at radius 2 is 0.885 bits per heavy atom. The lowest BCUT2D eigenvalue weighted by Crippen LogP contribution is -2.60. The van der Waals surface area contributed by atoms with E-state index in [1.165, 1.54) is 199 Å². The van der Waals surface area contributed by atoms with Crippen LogP contribution in [0, 0.1) is 0 Å². The number of hydrogen-bond acceptors (Lipinski definition) is 10. The summed E-state index contributed by atoms with van der Waals surface area (Å²) in [5, 5.41) is 54.2.